The molecule has 0 bridgehead atoms. The molecule has 0 heterocycles. The lowest BCUT2D eigenvalue weighted by atomic mass is 9.79. The highest BCUT2D eigenvalue weighted by molar-refractivity contribution is 5.99. The van der Waals surface area contributed by atoms with Crippen LogP contribution in [0.1, 0.15) is 98.8 Å². The number of methoxy groups -OCH3 is 2. The average molecular weight is 470 g/mol. The van der Waals surface area contributed by atoms with Crippen molar-refractivity contribution in [3.8, 4) is 11.5 Å². The molecule has 6 heteroatoms. The van der Waals surface area contributed by atoms with Gasteiger partial charge in [-0.3, -0.25) is 9.59 Å². The standard InChI is InChI=1S/C28H39NO5/c1-7-8-9-10-18(21-13-12-20(33-5)17-25(21)34-6)16-24(30)22-15-19(26(29)27(31)32)11-14-23(22)28(2,3)4/h11-15,17-18,26H,7-10,16,29H2,1-6H3,(H,31,32). The molecule has 0 saturated carbocycles. The SMILES string of the molecule is CCCCCC(CC(=O)c1cc(C(N)C(=O)O)ccc1C(C)(C)C)c1ccc(OC)cc1OC. The summed E-state index contributed by atoms with van der Waals surface area (Å²) in [6.45, 7) is 8.28. The number of carboxylic acids is 1. The fraction of sp³-hybridized carbons (Fsp3) is 0.500. The van der Waals surface area contributed by atoms with Gasteiger partial charge in [-0.05, 0) is 46.6 Å². The van der Waals surface area contributed by atoms with Crippen molar-refractivity contribution in [1.29, 1.82) is 0 Å². The lowest BCUT2D eigenvalue weighted by Gasteiger charge is -2.25. The van der Waals surface area contributed by atoms with Gasteiger partial charge in [-0.2, -0.15) is 0 Å². The number of nitrogens with two attached hydrogens (primary N) is 1. The van der Waals surface area contributed by atoms with Crippen molar-refractivity contribution < 1.29 is 24.2 Å². The highest BCUT2D eigenvalue weighted by Crippen LogP contribution is 2.37. The number of hydrogen-bond donors (Lipinski definition) is 2. The number of ether oxygens (including phenoxy) is 2. The molecule has 2 aromatic carbocycles. The second-order valence-electron chi connectivity index (χ2n) is 9.80. The Hall–Kier alpha value is -2.86. The van der Waals surface area contributed by atoms with E-state index in [-0.39, 0.29) is 17.1 Å². The Labute approximate surface area is 203 Å². The highest BCUT2D eigenvalue weighted by Gasteiger charge is 2.27. The summed E-state index contributed by atoms with van der Waals surface area (Å²) < 4.78 is 11.0. The maximum Gasteiger partial charge on any atom is 0.325 e. The van der Waals surface area contributed by atoms with Gasteiger partial charge in [0.25, 0.3) is 0 Å². The van der Waals surface area contributed by atoms with Crippen molar-refractivity contribution in [3.05, 3.63) is 58.7 Å². The van der Waals surface area contributed by atoms with E-state index in [2.05, 4.69) is 6.92 Å². The van der Waals surface area contributed by atoms with E-state index in [1.807, 2.05) is 45.0 Å². The number of carbonyl (C=O) groups excluding carboxylic acids is 1. The van der Waals surface area contributed by atoms with Gasteiger partial charge >= 0.3 is 5.97 Å². The van der Waals surface area contributed by atoms with Gasteiger partial charge in [-0.1, -0.05) is 65.2 Å². The third kappa shape index (κ3) is 6.83. The number of carbonyl (C=O) groups is 2. The van der Waals surface area contributed by atoms with Crippen LogP contribution in [0.5, 0.6) is 11.5 Å². The molecule has 0 aliphatic carbocycles. The Morgan fingerprint density at radius 1 is 1.03 bits per heavy atom. The monoisotopic (exact) mass is 469 g/mol. The lowest BCUT2D eigenvalue weighted by Crippen LogP contribution is -2.23. The van der Waals surface area contributed by atoms with Gasteiger partial charge in [-0.15, -0.1) is 0 Å². The van der Waals surface area contributed by atoms with E-state index in [1.165, 1.54) is 0 Å². The Bertz CT molecular complexity index is 993. The topological polar surface area (TPSA) is 98.9 Å². The molecular formula is C28H39NO5. The van der Waals surface area contributed by atoms with Gasteiger partial charge < -0.3 is 20.3 Å². The Morgan fingerprint density at radius 2 is 1.74 bits per heavy atom. The molecular weight excluding hydrogens is 430 g/mol. The van der Waals surface area contributed by atoms with E-state index in [1.54, 1.807) is 26.4 Å². The summed E-state index contributed by atoms with van der Waals surface area (Å²) in [6.07, 6.45) is 4.31. The molecule has 2 unspecified atom stereocenters. The van der Waals surface area contributed by atoms with Crippen molar-refractivity contribution in [2.45, 2.75) is 77.2 Å². The van der Waals surface area contributed by atoms with Crippen LogP contribution in [-0.2, 0) is 10.2 Å². The molecule has 0 spiro atoms. The Balaban J connectivity index is 2.50. The molecule has 34 heavy (non-hydrogen) atoms. The van der Waals surface area contributed by atoms with Gasteiger partial charge in [0.15, 0.2) is 5.78 Å². The van der Waals surface area contributed by atoms with Crippen LogP contribution in [0.2, 0.25) is 0 Å². The zero-order valence-corrected chi connectivity index (χ0v) is 21.3. The number of benzene rings is 2. The van der Waals surface area contributed by atoms with E-state index in [9.17, 15) is 14.7 Å². The fourth-order valence-corrected chi connectivity index (χ4v) is 4.28. The first-order valence-corrected chi connectivity index (χ1v) is 11.9. The maximum absolute atomic E-state index is 13.7. The summed E-state index contributed by atoms with van der Waals surface area (Å²) in [5.41, 5.74) is 8.40. The fourth-order valence-electron chi connectivity index (χ4n) is 4.28. The van der Waals surface area contributed by atoms with Crippen LogP contribution < -0.4 is 15.2 Å². The molecule has 0 amide bonds. The molecule has 6 nitrogen and oxygen atoms in total. The summed E-state index contributed by atoms with van der Waals surface area (Å²) in [7, 11) is 3.23. The van der Waals surface area contributed by atoms with Crippen LogP contribution in [0.4, 0.5) is 0 Å². The van der Waals surface area contributed by atoms with Crippen LogP contribution in [-0.4, -0.2) is 31.1 Å². The first kappa shape index (κ1) is 27.4. The number of rotatable bonds is 12. The second kappa shape index (κ2) is 12.0. The zero-order chi connectivity index (χ0) is 25.5. The summed E-state index contributed by atoms with van der Waals surface area (Å²) in [5.74, 6) is 0.214. The van der Waals surface area contributed by atoms with Gasteiger partial charge in [0.05, 0.1) is 14.2 Å². The van der Waals surface area contributed by atoms with E-state index in [0.717, 1.165) is 36.8 Å². The first-order chi connectivity index (χ1) is 16.0. The molecule has 2 aromatic rings. The Morgan fingerprint density at radius 3 is 2.29 bits per heavy atom. The van der Waals surface area contributed by atoms with Crippen LogP contribution >= 0.6 is 0 Å². The minimum Gasteiger partial charge on any atom is -0.497 e. The molecule has 3 N–H and O–H groups in total. The lowest BCUT2D eigenvalue weighted by molar-refractivity contribution is -0.138. The van der Waals surface area contributed by atoms with E-state index >= 15 is 0 Å². The quantitative estimate of drug-likeness (QED) is 0.291. The predicted octanol–water partition coefficient (Wildman–Crippen LogP) is 6.02. The van der Waals surface area contributed by atoms with E-state index in [4.69, 9.17) is 15.2 Å². The molecule has 2 rings (SSSR count). The van der Waals surface area contributed by atoms with Crippen LogP contribution in [0, 0.1) is 0 Å². The maximum atomic E-state index is 13.7. The number of hydrogen-bond acceptors (Lipinski definition) is 5. The largest absolute Gasteiger partial charge is 0.497 e. The average Bonchev–Trinajstić information content (AvgIpc) is 2.81. The summed E-state index contributed by atoms with van der Waals surface area (Å²) in [4.78, 5) is 25.2. The number of unbranched alkanes of at least 4 members (excludes halogenated alkanes) is 2. The van der Waals surface area contributed by atoms with E-state index < -0.39 is 12.0 Å². The molecule has 0 aromatic heterocycles. The number of Topliss-reactive ketones (excluding diaryl/α,β-unsaturated/α-hetero) is 1. The molecule has 186 valence electrons. The molecule has 0 saturated heterocycles. The van der Waals surface area contributed by atoms with Crippen LogP contribution in [0.15, 0.2) is 36.4 Å². The van der Waals surface area contributed by atoms with Crippen molar-refractivity contribution >= 4 is 11.8 Å². The first-order valence-electron chi connectivity index (χ1n) is 11.9. The normalized spacial score (nSPS) is 13.3. The highest BCUT2D eigenvalue weighted by atomic mass is 16.5. The minimum atomic E-state index is -1.18. The number of carboxylic acid groups (broad SMARTS) is 1. The van der Waals surface area contributed by atoms with E-state index in [0.29, 0.717) is 29.0 Å². The van der Waals surface area contributed by atoms with Crippen LogP contribution in [0.3, 0.4) is 0 Å². The Kier molecular flexibility index (Phi) is 9.68. The van der Waals surface area contributed by atoms with Gasteiger partial charge in [0.2, 0.25) is 0 Å². The molecule has 0 aliphatic rings. The molecule has 2 atom stereocenters. The predicted molar refractivity (Wildman–Crippen MR) is 135 cm³/mol. The smallest absolute Gasteiger partial charge is 0.325 e. The summed E-state index contributed by atoms with van der Waals surface area (Å²) in [5, 5.41) is 9.38. The third-order valence-electron chi connectivity index (χ3n) is 6.25. The van der Waals surface area contributed by atoms with Gasteiger partial charge in [0, 0.05) is 18.1 Å². The van der Waals surface area contributed by atoms with Crippen LogP contribution in [0.25, 0.3) is 0 Å². The van der Waals surface area contributed by atoms with Crippen molar-refractivity contribution in [2.24, 2.45) is 5.73 Å². The minimum absolute atomic E-state index is 0.0243. The molecule has 0 fully saturated rings. The molecule has 0 aliphatic heterocycles. The van der Waals surface area contributed by atoms with Gasteiger partial charge in [-0.25, -0.2) is 0 Å². The van der Waals surface area contributed by atoms with Crippen molar-refractivity contribution in [3.63, 3.8) is 0 Å². The van der Waals surface area contributed by atoms with Crippen molar-refractivity contribution in [2.75, 3.05) is 14.2 Å². The third-order valence-corrected chi connectivity index (χ3v) is 6.25. The number of ketones is 1. The molecule has 0 radical (unpaired) electrons. The number of aliphatic carboxylic acids is 1. The summed E-state index contributed by atoms with van der Waals surface area (Å²) in [6, 6.07) is 9.75. The zero-order valence-electron chi connectivity index (χ0n) is 21.3. The van der Waals surface area contributed by atoms with Gasteiger partial charge in [0.1, 0.15) is 17.5 Å². The second-order valence-corrected chi connectivity index (χ2v) is 9.80. The van der Waals surface area contributed by atoms with Crippen molar-refractivity contribution in [1.82, 2.24) is 0 Å². The summed E-state index contributed by atoms with van der Waals surface area (Å²) >= 11 is 0.